The van der Waals surface area contributed by atoms with Crippen molar-refractivity contribution in [3.63, 3.8) is 0 Å². The maximum atomic E-state index is 12.1. The fourth-order valence-corrected chi connectivity index (χ4v) is 3.73. The van der Waals surface area contributed by atoms with Crippen LogP contribution in [-0.4, -0.2) is 69.3 Å². The number of phenols is 5. The van der Waals surface area contributed by atoms with Gasteiger partial charge in [0.15, 0.2) is 16.6 Å². The topological polar surface area (TPSA) is 262 Å². The molecule has 0 saturated heterocycles. The minimum Gasteiger partial charge on any atom is -0.504 e. The number of anilines is 2. The number of hydrogen-bond acceptors (Lipinski definition) is 14. The summed E-state index contributed by atoms with van der Waals surface area (Å²) in [5.41, 5.74) is 5.52. The summed E-state index contributed by atoms with van der Waals surface area (Å²) < 4.78 is 0. The predicted molar refractivity (Wildman–Crippen MR) is 125 cm³/mol. The first-order chi connectivity index (χ1) is 16.7. The van der Waals surface area contributed by atoms with Crippen molar-refractivity contribution in [2.24, 2.45) is 0 Å². The molecule has 13 N–H and O–H groups in total. The molecular formula is C21H24N4O10S. The molecule has 0 radical (unpaired) electrons. The fourth-order valence-electron chi connectivity index (χ4n) is 3.17. The Morgan fingerprint density at radius 1 is 0.917 bits per heavy atom. The summed E-state index contributed by atoms with van der Waals surface area (Å²) in [6.07, 6.45) is -1.07. The summed E-state index contributed by atoms with van der Waals surface area (Å²) >= 11 is 1.20. The molecule has 3 aromatic rings. The van der Waals surface area contributed by atoms with Gasteiger partial charge in [-0.05, 0) is 12.1 Å². The Bertz CT molecular complexity index is 1230. The Morgan fingerprint density at radius 2 is 1.47 bits per heavy atom. The number of thiazole rings is 1. The zero-order chi connectivity index (χ0) is 26.8. The first kappa shape index (κ1) is 26.7. The van der Waals surface area contributed by atoms with Gasteiger partial charge >= 0.3 is 0 Å². The summed E-state index contributed by atoms with van der Waals surface area (Å²) in [4.78, 5) is 16.1. The third kappa shape index (κ3) is 6.03. The molecule has 15 heteroatoms. The van der Waals surface area contributed by atoms with E-state index in [4.69, 9.17) is 5.73 Å². The number of benzene rings is 2. The van der Waals surface area contributed by atoms with Crippen LogP contribution >= 0.6 is 11.3 Å². The van der Waals surface area contributed by atoms with E-state index in [1.165, 1.54) is 35.6 Å². The number of hydrogen-bond donors (Lipinski definition) is 12. The molecule has 0 unspecified atom stereocenters. The number of nitrogens with two attached hydrogens (primary N) is 1. The van der Waals surface area contributed by atoms with Gasteiger partial charge in [0, 0.05) is 23.1 Å². The van der Waals surface area contributed by atoms with Crippen molar-refractivity contribution >= 4 is 28.1 Å². The number of aromatic nitrogens is 1. The molecule has 0 aliphatic carbocycles. The van der Waals surface area contributed by atoms with E-state index in [1.807, 2.05) is 5.32 Å². The summed E-state index contributed by atoms with van der Waals surface area (Å²) in [6.45, 7) is -0.880. The van der Waals surface area contributed by atoms with Crippen LogP contribution in [0.4, 0.5) is 10.8 Å². The van der Waals surface area contributed by atoms with E-state index in [1.54, 1.807) is 5.38 Å². The van der Waals surface area contributed by atoms with Gasteiger partial charge in [-0.25, -0.2) is 4.98 Å². The van der Waals surface area contributed by atoms with Crippen molar-refractivity contribution in [2.75, 3.05) is 17.6 Å². The molecule has 1 amide bonds. The van der Waals surface area contributed by atoms with Gasteiger partial charge in [0.2, 0.25) is 34.9 Å². The highest BCUT2D eigenvalue weighted by Gasteiger charge is 2.35. The van der Waals surface area contributed by atoms with Gasteiger partial charge in [-0.1, -0.05) is 12.1 Å². The Morgan fingerprint density at radius 3 is 2.00 bits per heavy atom. The van der Waals surface area contributed by atoms with E-state index in [0.29, 0.717) is 16.5 Å². The first-order valence-corrected chi connectivity index (χ1v) is 11.0. The van der Waals surface area contributed by atoms with Gasteiger partial charge in [0.1, 0.15) is 0 Å². The predicted octanol–water partition coefficient (Wildman–Crippen LogP) is -0.957. The van der Waals surface area contributed by atoms with E-state index < -0.39 is 59.0 Å². The maximum absolute atomic E-state index is 12.1. The molecule has 0 fully saturated rings. The van der Waals surface area contributed by atoms with Crippen LogP contribution < -0.4 is 16.4 Å². The third-order valence-electron chi connectivity index (χ3n) is 5.05. The number of rotatable bonds is 9. The van der Waals surface area contributed by atoms with E-state index in [-0.39, 0.29) is 17.9 Å². The van der Waals surface area contributed by atoms with Gasteiger partial charge in [-0.3, -0.25) is 10.1 Å². The molecule has 0 aliphatic rings. The van der Waals surface area contributed by atoms with Crippen LogP contribution in [-0.2, 0) is 23.4 Å². The molecule has 3 rings (SSSR count). The van der Waals surface area contributed by atoms with Crippen molar-refractivity contribution in [3.8, 4) is 28.7 Å². The van der Waals surface area contributed by atoms with Crippen molar-refractivity contribution in [1.82, 2.24) is 10.3 Å². The molecule has 0 bridgehead atoms. The van der Waals surface area contributed by atoms with Crippen molar-refractivity contribution < 1.29 is 50.8 Å². The number of carbonyl (C=O) groups excluding carboxylic acids is 1. The summed E-state index contributed by atoms with van der Waals surface area (Å²) in [5.74, 6) is -11.9. The Hall–Kier alpha value is -3.86. The molecule has 14 nitrogen and oxygen atoms in total. The minimum absolute atomic E-state index is 0.0138. The molecular weight excluding hydrogens is 500 g/mol. The number of aliphatic hydroxyl groups is 4. The van der Waals surface area contributed by atoms with Crippen molar-refractivity contribution in [2.45, 2.75) is 24.5 Å². The molecule has 0 aliphatic heterocycles. The van der Waals surface area contributed by atoms with E-state index in [9.17, 15) is 50.8 Å². The average molecular weight is 525 g/mol. The number of carbonyl (C=O) groups is 1. The number of nitrogen functional groups attached to an aromatic ring is 1. The maximum Gasteiger partial charge on any atom is 0.230 e. The average Bonchev–Trinajstić information content (AvgIpc) is 3.22. The van der Waals surface area contributed by atoms with Crippen LogP contribution in [0.5, 0.6) is 28.7 Å². The highest BCUT2D eigenvalue weighted by molar-refractivity contribution is 7.13. The highest BCUT2D eigenvalue weighted by atomic mass is 32.1. The standard InChI is InChI=1S/C21H24N4O10S/c22-19-25-11(7-36-19)5-13(26)24-10-3-1-9(2-4-10)20(32,33)8-23-21(34,35)6-12-14(27)16(29)18(31)17(30)15(12)28/h1-4,7,23,27-35H,5-6,8H2,(H2,22,25)(H,24,26). The SMILES string of the molecule is Nc1nc(CC(=O)Nc2ccc(C(O)(O)CNC(O)(O)Cc3c(O)c(O)c(O)c(O)c3O)cc2)cs1. The largest absolute Gasteiger partial charge is 0.504 e. The summed E-state index contributed by atoms with van der Waals surface area (Å²) in [6, 6.07) is 5.30. The first-order valence-electron chi connectivity index (χ1n) is 10.1. The molecule has 1 aromatic heterocycles. The van der Waals surface area contributed by atoms with Gasteiger partial charge < -0.3 is 57.0 Å². The minimum atomic E-state index is -2.99. The van der Waals surface area contributed by atoms with Crippen molar-refractivity contribution in [3.05, 3.63) is 46.5 Å². The molecule has 194 valence electrons. The zero-order valence-corrected chi connectivity index (χ0v) is 19.2. The lowest BCUT2D eigenvalue weighted by Crippen LogP contribution is -2.52. The van der Waals surface area contributed by atoms with Crippen LogP contribution in [0, 0.1) is 0 Å². The molecule has 0 spiro atoms. The van der Waals surface area contributed by atoms with Crippen LogP contribution in [0.2, 0.25) is 0 Å². The van der Waals surface area contributed by atoms with Gasteiger partial charge in [-0.2, -0.15) is 0 Å². The number of phenolic OH excluding ortho intramolecular Hbond substituents is 5. The van der Waals surface area contributed by atoms with Gasteiger partial charge in [0.25, 0.3) is 0 Å². The molecule has 0 atom stereocenters. The van der Waals surface area contributed by atoms with Gasteiger partial charge in [0.05, 0.1) is 24.2 Å². The third-order valence-corrected chi connectivity index (χ3v) is 5.78. The van der Waals surface area contributed by atoms with Gasteiger partial charge in [-0.15, -0.1) is 11.3 Å². The van der Waals surface area contributed by atoms with E-state index >= 15 is 0 Å². The highest BCUT2D eigenvalue weighted by Crippen LogP contribution is 2.51. The number of nitrogens with zero attached hydrogens (tertiary/aromatic N) is 1. The molecule has 1 heterocycles. The van der Waals surface area contributed by atoms with Crippen LogP contribution in [0.3, 0.4) is 0 Å². The Kier molecular flexibility index (Phi) is 7.44. The lowest BCUT2D eigenvalue weighted by atomic mass is 10.0. The second-order valence-electron chi connectivity index (χ2n) is 7.86. The number of aromatic hydroxyl groups is 5. The van der Waals surface area contributed by atoms with Crippen LogP contribution in [0.25, 0.3) is 0 Å². The van der Waals surface area contributed by atoms with Crippen LogP contribution in [0.1, 0.15) is 16.8 Å². The number of nitrogens with one attached hydrogen (secondary N) is 2. The lowest BCUT2D eigenvalue weighted by Gasteiger charge is -2.29. The normalized spacial score (nSPS) is 12.0. The quantitative estimate of drug-likeness (QED) is 0.0915. The Balaban J connectivity index is 1.63. The fraction of sp³-hybridized carbons (Fsp3) is 0.238. The smallest absolute Gasteiger partial charge is 0.230 e. The zero-order valence-electron chi connectivity index (χ0n) is 18.4. The summed E-state index contributed by atoms with van der Waals surface area (Å²) in [5, 5.41) is 95.9. The molecule has 2 aromatic carbocycles. The monoisotopic (exact) mass is 524 g/mol. The van der Waals surface area contributed by atoms with E-state index in [2.05, 4.69) is 10.3 Å². The second kappa shape index (κ2) is 10.0. The lowest BCUT2D eigenvalue weighted by molar-refractivity contribution is -0.221. The van der Waals surface area contributed by atoms with Crippen molar-refractivity contribution in [1.29, 1.82) is 0 Å². The number of amides is 1. The van der Waals surface area contributed by atoms with E-state index in [0.717, 1.165) is 0 Å². The second-order valence-corrected chi connectivity index (χ2v) is 8.75. The molecule has 0 saturated carbocycles. The molecule has 36 heavy (non-hydrogen) atoms. The summed E-state index contributed by atoms with van der Waals surface area (Å²) in [7, 11) is 0. The Labute approximate surface area is 206 Å². The van der Waals surface area contributed by atoms with Crippen LogP contribution in [0.15, 0.2) is 29.6 Å².